The fraction of sp³-hybridized carbons (Fsp3) is 0.400. The molecule has 0 radical (unpaired) electrons. The number of aromatic amines is 1. The number of alkyl carbamates (subject to hydrolysis) is 1. The molecule has 0 saturated heterocycles. The van der Waals surface area contributed by atoms with Gasteiger partial charge in [-0.25, -0.2) is 19.2 Å². The number of halogens is 1. The lowest BCUT2D eigenvalue weighted by Gasteiger charge is -2.27. The van der Waals surface area contributed by atoms with E-state index in [0.717, 1.165) is 5.39 Å². The number of carbonyl (C=O) groups excluding carboxylic acids is 2. The molecule has 0 spiro atoms. The maximum absolute atomic E-state index is 13.7. The van der Waals surface area contributed by atoms with Crippen molar-refractivity contribution in [2.24, 2.45) is 7.05 Å². The summed E-state index contributed by atoms with van der Waals surface area (Å²) in [6.45, 7) is 9.44. The number of amides is 2. The molecule has 0 aliphatic rings. The number of fused-ring (bicyclic) bond motifs is 2. The zero-order valence-electron chi connectivity index (χ0n) is 21.2. The molecule has 10 nitrogen and oxygen atoms in total. The van der Waals surface area contributed by atoms with E-state index in [2.05, 4.69) is 30.7 Å². The SMILES string of the molecule is Cn1nc(-c2cnc3[nH]cc(C(=O)NC(C)(C)CCNC(=O)OC(C)(C)C)c3n2)c2ccc(F)cc21. The van der Waals surface area contributed by atoms with E-state index in [9.17, 15) is 14.0 Å². The van der Waals surface area contributed by atoms with Gasteiger partial charge in [0, 0.05) is 30.7 Å². The lowest BCUT2D eigenvalue weighted by Crippen LogP contribution is -2.46. The normalized spacial score (nSPS) is 12.2. The lowest BCUT2D eigenvalue weighted by atomic mass is 10.00. The summed E-state index contributed by atoms with van der Waals surface area (Å²) in [5.74, 6) is -0.685. The monoisotopic (exact) mass is 495 g/mol. The molecular formula is C25H30FN7O3. The first kappa shape index (κ1) is 25.1. The van der Waals surface area contributed by atoms with Gasteiger partial charge in [-0.3, -0.25) is 9.48 Å². The molecule has 190 valence electrons. The van der Waals surface area contributed by atoms with Crippen LogP contribution < -0.4 is 10.6 Å². The van der Waals surface area contributed by atoms with Gasteiger partial charge < -0.3 is 20.4 Å². The van der Waals surface area contributed by atoms with E-state index >= 15 is 0 Å². The molecule has 0 aliphatic carbocycles. The summed E-state index contributed by atoms with van der Waals surface area (Å²) in [7, 11) is 1.73. The second-order valence-corrected chi connectivity index (χ2v) is 10.3. The smallest absolute Gasteiger partial charge is 0.407 e. The maximum atomic E-state index is 13.7. The highest BCUT2D eigenvalue weighted by Gasteiger charge is 2.25. The molecule has 3 aromatic heterocycles. The van der Waals surface area contributed by atoms with Gasteiger partial charge in [-0.2, -0.15) is 5.10 Å². The number of H-pyrrole nitrogens is 1. The largest absolute Gasteiger partial charge is 0.444 e. The summed E-state index contributed by atoms with van der Waals surface area (Å²) in [6, 6.07) is 4.43. The van der Waals surface area contributed by atoms with Crippen molar-refractivity contribution >= 4 is 34.1 Å². The zero-order valence-corrected chi connectivity index (χ0v) is 21.2. The van der Waals surface area contributed by atoms with Crippen LogP contribution in [0.15, 0.2) is 30.6 Å². The summed E-state index contributed by atoms with van der Waals surface area (Å²) in [6.07, 6.45) is 3.10. The average molecular weight is 496 g/mol. The van der Waals surface area contributed by atoms with Crippen LogP contribution in [0.3, 0.4) is 0 Å². The summed E-state index contributed by atoms with van der Waals surface area (Å²) in [4.78, 5) is 37.1. The number of nitrogens with zero attached hydrogens (tertiary/aromatic N) is 4. The van der Waals surface area contributed by atoms with Gasteiger partial charge in [-0.15, -0.1) is 0 Å². The third-order valence-corrected chi connectivity index (χ3v) is 5.55. The number of hydrogen-bond donors (Lipinski definition) is 3. The van der Waals surface area contributed by atoms with Gasteiger partial charge in [0.05, 0.1) is 17.3 Å². The van der Waals surface area contributed by atoms with Crippen LogP contribution >= 0.6 is 0 Å². The van der Waals surface area contributed by atoms with Gasteiger partial charge >= 0.3 is 6.09 Å². The van der Waals surface area contributed by atoms with Crippen LogP contribution in [0.4, 0.5) is 9.18 Å². The Morgan fingerprint density at radius 2 is 1.94 bits per heavy atom. The van der Waals surface area contributed by atoms with Crippen molar-refractivity contribution in [2.45, 2.75) is 52.2 Å². The van der Waals surface area contributed by atoms with Crippen LogP contribution in [0.5, 0.6) is 0 Å². The Hall–Kier alpha value is -4.02. The molecular weight excluding hydrogens is 465 g/mol. The topological polar surface area (TPSA) is 127 Å². The minimum absolute atomic E-state index is 0.327. The highest BCUT2D eigenvalue weighted by atomic mass is 19.1. The summed E-state index contributed by atoms with van der Waals surface area (Å²) >= 11 is 0. The molecule has 11 heteroatoms. The van der Waals surface area contributed by atoms with Gasteiger partial charge in [0.2, 0.25) is 0 Å². The van der Waals surface area contributed by atoms with Gasteiger partial charge in [0.15, 0.2) is 5.65 Å². The Balaban J connectivity index is 1.52. The predicted octanol–water partition coefficient (Wildman–Crippen LogP) is 4.07. The van der Waals surface area contributed by atoms with E-state index in [-0.39, 0.29) is 11.7 Å². The van der Waals surface area contributed by atoms with Crippen LogP contribution in [0.25, 0.3) is 33.5 Å². The highest BCUT2D eigenvalue weighted by Crippen LogP contribution is 2.28. The van der Waals surface area contributed by atoms with E-state index in [1.165, 1.54) is 12.1 Å². The zero-order chi connectivity index (χ0) is 26.3. The first-order valence-electron chi connectivity index (χ1n) is 11.6. The van der Waals surface area contributed by atoms with Crippen LogP contribution in [-0.2, 0) is 11.8 Å². The van der Waals surface area contributed by atoms with Crippen LogP contribution in [0, 0.1) is 5.82 Å². The Kier molecular flexibility index (Phi) is 6.42. The fourth-order valence-corrected chi connectivity index (χ4v) is 3.83. The maximum Gasteiger partial charge on any atom is 0.407 e. The number of hydrogen-bond acceptors (Lipinski definition) is 6. The van der Waals surface area contributed by atoms with Gasteiger partial charge in [-0.1, -0.05) is 0 Å². The molecule has 0 atom stereocenters. The average Bonchev–Trinajstić information content (AvgIpc) is 3.32. The number of nitrogens with one attached hydrogen (secondary N) is 3. The minimum atomic E-state index is -0.623. The van der Waals surface area contributed by atoms with Gasteiger partial charge in [-0.05, 0) is 59.2 Å². The highest BCUT2D eigenvalue weighted by molar-refractivity contribution is 6.05. The molecule has 0 bridgehead atoms. The van der Waals surface area contributed by atoms with E-state index < -0.39 is 17.2 Å². The first-order chi connectivity index (χ1) is 16.8. The Morgan fingerprint density at radius 3 is 2.67 bits per heavy atom. The van der Waals surface area contributed by atoms with Gasteiger partial charge in [0.1, 0.15) is 28.3 Å². The molecule has 0 aliphatic heterocycles. The number of aromatic nitrogens is 5. The van der Waals surface area contributed by atoms with E-state index in [1.54, 1.807) is 51.0 Å². The molecule has 4 aromatic rings. The van der Waals surface area contributed by atoms with Crippen molar-refractivity contribution < 1.29 is 18.7 Å². The van der Waals surface area contributed by atoms with Crippen LogP contribution in [-0.4, -0.2) is 54.4 Å². The van der Waals surface area contributed by atoms with E-state index in [0.29, 0.717) is 46.6 Å². The number of benzene rings is 1. The molecule has 2 amide bonds. The molecule has 0 saturated carbocycles. The van der Waals surface area contributed by atoms with Gasteiger partial charge in [0.25, 0.3) is 5.91 Å². The van der Waals surface area contributed by atoms with E-state index in [1.807, 2.05) is 13.8 Å². The number of carbonyl (C=O) groups is 2. The molecule has 1 aromatic carbocycles. The Labute approximate surface area is 207 Å². The third-order valence-electron chi connectivity index (χ3n) is 5.55. The summed E-state index contributed by atoms with van der Waals surface area (Å²) in [5.41, 5.74) is 1.62. The Morgan fingerprint density at radius 1 is 1.19 bits per heavy atom. The summed E-state index contributed by atoms with van der Waals surface area (Å²) in [5, 5.41) is 10.9. The molecule has 36 heavy (non-hydrogen) atoms. The van der Waals surface area contributed by atoms with Crippen molar-refractivity contribution in [1.29, 1.82) is 0 Å². The fourth-order valence-electron chi connectivity index (χ4n) is 3.83. The third kappa shape index (κ3) is 5.45. The predicted molar refractivity (Wildman–Crippen MR) is 134 cm³/mol. The van der Waals surface area contributed by atoms with Crippen molar-refractivity contribution in [2.75, 3.05) is 6.54 Å². The number of ether oxygens (including phenoxy) is 1. The van der Waals surface area contributed by atoms with Crippen molar-refractivity contribution in [1.82, 2.24) is 35.4 Å². The Bertz CT molecular complexity index is 1450. The van der Waals surface area contributed by atoms with Crippen LogP contribution in [0.2, 0.25) is 0 Å². The lowest BCUT2D eigenvalue weighted by molar-refractivity contribution is 0.0524. The molecule has 0 unspecified atom stereocenters. The number of aryl methyl sites for hydroxylation is 1. The molecule has 0 fully saturated rings. The molecule has 3 N–H and O–H groups in total. The van der Waals surface area contributed by atoms with Crippen molar-refractivity contribution in [3.63, 3.8) is 0 Å². The van der Waals surface area contributed by atoms with Crippen LogP contribution in [0.1, 0.15) is 51.4 Å². The van der Waals surface area contributed by atoms with E-state index in [4.69, 9.17) is 4.74 Å². The van der Waals surface area contributed by atoms with Crippen molar-refractivity contribution in [3.05, 3.63) is 42.0 Å². The standard InChI is InChI=1S/C25H30FN7O3/c1-24(2,3)36-23(35)27-10-9-25(4,5)31-22(34)16-12-28-21-20(16)30-17(13-29-21)19-15-8-7-14(26)11-18(15)33(6)32-19/h7-8,11-13H,9-10H2,1-6H3,(H,27,35)(H,28,29)(H,31,34). The second kappa shape index (κ2) is 9.21. The molecule has 3 heterocycles. The quantitative estimate of drug-likeness (QED) is 0.370. The number of rotatable bonds is 6. The first-order valence-corrected chi connectivity index (χ1v) is 11.6. The minimum Gasteiger partial charge on any atom is -0.444 e. The summed E-state index contributed by atoms with van der Waals surface area (Å²) < 4.78 is 20.5. The second-order valence-electron chi connectivity index (χ2n) is 10.3. The van der Waals surface area contributed by atoms with Crippen molar-refractivity contribution in [3.8, 4) is 11.4 Å². The molecule has 4 rings (SSSR count).